The van der Waals surface area contributed by atoms with Gasteiger partial charge in [0.05, 0.1) is 0 Å². The smallest absolute Gasteiger partial charge is 0.276 e. The van der Waals surface area contributed by atoms with Gasteiger partial charge in [0.2, 0.25) is 5.95 Å². The molecule has 0 unspecified atom stereocenters. The summed E-state index contributed by atoms with van der Waals surface area (Å²) in [4.78, 5) is 19.9. The molecule has 0 radical (unpaired) electrons. The average Bonchev–Trinajstić information content (AvgIpc) is 2.75. The highest BCUT2D eigenvalue weighted by Gasteiger charge is 2.10. The summed E-state index contributed by atoms with van der Waals surface area (Å²) < 4.78 is 1.45. The number of hydrogen-bond donors (Lipinski definition) is 2. The molecule has 2 heterocycles. The van der Waals surface area contributed by atoms with Crippen LogP contribution in [0.15, 0.2) is 24.7 Å². The third-order valence-electron chi connectivity index (χ3n) is 2.22. The first kappa shape index (κ1) is 12.1. The molecular formula is C10H10N6OS. The molecule has 7 nitrogen and oxygen atoms in total. The Bertz CT molecular complexity index is 591. The standard InChI is InChI=1S/C10H10N6OS/c1-16-10(13-5-14-16)15-9(17)7-3-2-6(4-12-7)8(11)18/h2-5H,1H3,(H2,11,18)(H,13,14,15,17). The molecule has 0 aliphatic heterocycles. The van der Waals surface area contributed by atoms with Gasteiger partial charge in [-0.1, -0.05) is 12.2 Å². The number of pyridine rings is 1. The van der Waals surface area contributed by atoms with E-state index in [9.17, 15) is 4.79 Å². The van der Waals surface area contributed by atoms with Crippen LogP contribution in [-0.4, -0.2) is 30.6 Å². The molecule has 0 aliphatic carbocycles. The summed E-state index contributed by atoms with van der Waals surface area (Å²) in [6.07, 6.45) is 2.80. The molecule has 1 amide bonds. The number of carbonyl (C=O) groups excluding carboxylic acids is 1. The molecule has 0 bridgehead atoms. The predicted octanol–water partition coefficient (Wildman–Crippen LogP) is 0.0966. The number of nitrogens with one attached hydrogen (secondary N) is 1. The van der Waals surface area contributed by atoms with Crippen LogP contribution >= 0.6 is 12.2 Å². The van der Waals surface area contributed by atoms with Crippen LogP contribution in [0.2, 0.25) is 0 Å². The lowest BCUT2D eigenvalue weighted by Gasteiger charge is -2.03. The van der Waals surface area contributed by atoms with E-state index in [4.69, 9.17) is 18.0 Å². The predicted molar refractivity (Wildman–Crippen MR) is 69.1 cm³/mol. The largest absolute Gasteiger partial charge is 0.389 e. The second-order valence-corrected chi connectivity index (χ2v) is 3.90. The second-order valence-electron chi connectivity index (χ2n) is 3.46. The van der Waals surface area contributed by atoms with Gasteiger partial charge in [-0.05, 0) is 12.1 Å². The third kappa shape index (κ3) is 2.48. The van der Waals surface area contributed by atoms with Crippen LogP contribution in [0, 0.1) is 0 Å². The van der Waals surface area contributed by atoms with E-state index in [1.165, 1.54) is 17.2 Å². The summed E-state index contributed by atoms with van der Waals surface area (Å²) >= 11 is 4.80. The Morgan fingerprint density at radius 3 is 2.72 bits per heavy atom. The van der Waals surface area contributed by atoms with E-state index in [-0.39, 0.29) is 16.6 Å². The molecule has 92 valence electrons. The Labute approximate surface area is 108 Å². The highest BCUT2D eigenvalue weighted by Crippen LogP contribution is 2.04. The number of aryl methyl sites for hydroxylation is 1. The molecule has 3 N–H and O–H groups in total. The topological polar surface area (TPSA) is 98.7 Å². The maximum absolute atomic E-state index is 11.8. The van der Waals surface area contributed by atoms with E-state index >= 15 is 0 Å². The van der Waals surface area contributed by atoms with Gasteiger partial charge in [-0.2, -0.15) is 10.1 Å². The Kier molecular flexibility index (Phi) is 3.28. The summed E-state index contributed by atoms with van der Waals surface area (Å²) in [5.41, 5.74) is 6.30. The molecule has 0 aliphatic rings. The van der Waals surface area contributed by atoms with Crippen molar-refractivity contribution >= 4 is 29.1 Å². The fourth-order valence-electron chi connectivity index (χ4n) is 1.25. The minimum atomic E-state index is -0.374. The number of thiocarbonyl (C=S) groups is 1. The van der Waals surface area contributed by atoms with E-state index < -0.39 is 0 Å². The molecule has 0 spiro atoms. The van der Waals surface area contributed by atoms with Gasteiger partial charge in [-0.3, -0.25) is 15.1 Å². The summed E-state index contributed by atoms with van der Waals surface area (Å²) in [5.74, 6) is -0.0270. The van der Waals surface area contributed by atoms with E-state index in [0.29, 0.717) is 11.5 Å². The summed E-state index contributed by atoms with van der Waals surface area (Å²) in [7, 11) is 1.67. The van der Waals surface area contributed by atoms with Crippen molar-refractivity contribution in [3.63, 3.8) is 0 Å². The lowest BCUT2D eigenvalue weighted by atomic mass is 10.2. The van der Waals surface area contributed by atoms with Crippen LogP contribution in [-0.2, 0) is 7.05 Å². The lowest BCUT2D eigenvalue weighted by Crippen LogP contribution is -2.17. The normalized spacial score (nSPS) is 10.1. The van der Waals surface area contributed by atoms with Crippen molar-refractivity contribution in [1.82, 2.24) is 19.7 Å². The van der Waals surface area contributed by atoms with E-state index in [1.807, 2.05) is 0 Å². The number of hydrogen-bond acceptors (Lipinski definition) is 5. The number of rotatable bonds is 3. The quantitative estimate of drug-likeness (QED) is 0.761. The van der Waals surface area contributed by atoms with Crippen molar-refractivity contribution < 1.29 is 4.79 Å². The fourth-order valence-corrected chi connectivity index (χ4v) is 1.37. The van der Waals surface area contributed by atoms with Gasteiger partial charge in [0.1, 0.15) is 17.0 Å². The molecule has 0 saturated carbocycles. The third-order valence-corrected chi connectivity index (χ3v) is 2.45. The number of nitrogens with zero attached hydrogens (tertiary/aromatic N) is 4. The van der Waals surface area contributed by atoms with Crippen molar-refractivity contribution in [3.8, 4) is 0 Å². The first-order valence-electron chi connectivity index (χ1n) is 4.99. The zero-order valence-corrected chi connectivity index (χ0v) is 10.3. The average molecular weight is 262 g/mol. The van der Waals surface area contributed by atoms with Gasteiger partial charge in [-0.25, -0.2) is 4.68 Å². The zero-order valence-electron chi connectivity index (χ0n) is 9.49. The molecule has 0 saturated heterocycles. The van der Waals surface area contributed by atoms with Crippen LogP contribution < -0.4 is 11.1 Å². The van der Waals surface area contributed by atoms with Gasteiger partial charge >= 0.3 is 0 Å². The Hall–Kier alpha value is -2.35. The van der Waals surface area contributed by atoms with Crippen molar-refractivity contribution in [2.45, 2.75) is 0 Å². The van der Waals surface area contributed by atoms with Crippen LogP contribution in [0.4, 0.5) is 5.95 Å². The molecule has 2 rings (SSSR count). The lowest BCUT2D eigenvalue weighted by molar-refractivity contribution is 0.102. The minimum absolute atomic E-state index is 0.239. The molecular weight excluding hydrogens is 252 g/mol. The number of aromatic nitrogens is 4. The molecule has 2 aromatic rings. The highest BCUT2D eigenvalue weighted by molar-refractivity contribution is 7.80. The van der Waals surface area contributed by atoms with Crippen LogP contribution in [0.5, 0.6) is 0 Å². The first-order valence-corrected chi connectivity index (χ1v) is 5.40. The van der Waals surface area contributed by atoms with Gasteiger partial charge in [0.25, 0.3) is 5.91 Å². The maximum atomic E-state index is 11.8. The van der Waals surface area contributed by atoms with Gasteiger partial charge in [0, 0.05) is 18.8 Å². The number of nitrogens with two attached hydrogens (primary N) is 1. The maximum Gasteiger partial charge on any atom is 0.276 e. The molecule has 2 aromatic heterocycles. The van der Waals surface area contributed by atoms with Crippen molar-refractivity contribution in [2.75, 3.05) is 5.32 Å². The number of anilines is 1. The monoisotopic (exact) mass is 262 g/mol. The fraction of sp³-hybridized carbons (Fsp3) is 0.100. The SMILES string of the molecule is Cn1ncnc1NC(=O)c1ccc(C(N)=S)cn1. The van der Waals surface area contributed by atoms with Gasteiger partial charge in [0.15, 0.2) is 0 Å². The second kappa shape index (κ2) is 4.88. The van der Waals surface area contributed by atoms with Crippen molar-refractivity contribution in [3.05, 3.63) is 35.9 Å². The molecule has 8 heteroatoms. The molecule has 0 fully saturated rings. The van der Waals surface area contributed by atoms with Gasteiger partial charge < -0.3 is 5.73 Å². The van der Waals surface area contributed by atoms with Crippen LogP contribution in [0.25, 0.3) is 0 Å². The molecule has 18 heavy (non-hydrogen) atoms. The summed E-state index contributed by atoms with van der Waals surface area (Å²) in [5, 5.41) is 6.42. The number of amides is 1. The Morgan fingerprint density at radius 1 is 1.44 bits per heavy atom. The van der Waals surface area contributed by atoms with Crippen molar-refractivity contribution in [2.24, 2.45) is 12.8 Å². The van der Waals surface area contributed by atoms with E-state index in [1.54, 1.807) is 19.2 Å². The molecule has 0 aromatic carbocycles. The van der Waals surface area contributed by atoms with E-state index in [0.717, 1.165) is 0 Å². The summed E-state index contributed by atoms with van der Waals surface area (Å²) in [6, 6.07) is 3.18. The Balaban J connectivity index is 2.14. The Morgan fingerprint density at radius 2 is 2.22 bits per heavy atom. The van der Waals surface area contributed by atoms with Crippen LogP contribution in [0.3, 0.4) is 0 Å². The van der Waals surface area contributed by atoms with E-state index in [2.05, 4.69) is 20.4 Å². The van der Waals surface area contributed by atoms with Gasteiger partial charge in [-0.15, -0.1) is 0 Å². The van der Waals surface area contributed by atoms with Crippen molar-refractivity contribution in [1.29, 1.82) is 0 Å². The highest BCUT2D eigenvalue weighted by atomic mass is 32.1. The zero-order chi connectivity index (χ0) is 13.1. The number of carbonyl (C=O) groups is 1. The minimum Gasteiger partial charge on any atom is -0.389 e. The summed E-state index contributed by atoms with van der Waals surface area (Å²) in [6.45, 7) is 0. The van der Waals surface area contributed by atoms with Crippen LogP contribution in [0.1, 0.15) is 16.1 Å². The molecule has 0 atom stereocenters. The first-order chi connectivity index (χ1) is 8.58.